The number of rotatable bonds is 2. The first-order valence-electron chi connectivity index (χ1n) is 6.04. The molecule has 98 valence electrons. The van der Waals surface area contributed by atoms with Gasteiger partial charge in [0.05, 0.1) is 16.8 Å². The number of aromatic nitrogens is 1. The molecule has 3 nitrogen and oxygen atoms in total. The standard InChI is InChI=1S/C16H10FNO2/c17-11-5-3-4-10(8-11)15-9-13(16(19)20)12-6-1-2-7-14(12)18-15/h1-9H,(H,19,20). The normalized spacial score (nSPS) is 10.7. The van der Waals surface area contributed by atoms with Crippen LogP contribution in [0.15, 0.2) is 54.6 Å². The Balaban J connectivity index is 2.30. The first-order chi connectivity index (χ1) is 9.65. The summed E-state index contributed by atoms with van der Waals surface area (Å²) < 4.78 is 13.3. The zero-order chi connectivity index (χ0) is 14.1. The van der Waals surface area contributed by atoms with Gasteiger partial charge in [0.2, 0.25) is 0 Å². The van der Waals surface area contributed by atoms with Crippen molar-refractivity contribution in [3.8, 4) is 11.3 Å². The third-order valence-corrected chi connectivity index (χ3v) is 3.07. The third-order valence-electron chi connectivity index (χ3n) is 3.07. The van der Waals surface area contributed by atoms with Crippen molar-refractivity contribution in [2.45, 2.75) is 0 Å². The minimum atomic E-state index is -1.03. The van der Waals surface area contributed by atoms with E-state index in [4.69, 9.17) is 0 Å². The molecule has 1 heterocycles. The molecule has 2 aromatic carbocycles. The van der Waals surface area contributed by atoms with E-state index in [2.05, 4.69) is 4.98 Å². The van der Waals surface area contributed by atoms with Gasteiger partial charge < -0.3 is 5.11 Å². The molecule has 1 N–H and O–H groups in total. The highest BCUT2D eigenvalue weighted by molar-refractivity contribution is 6.03. The van der Waals surface area contributed by atoms with Crippen LogP contribution < -0.4 is 0 Å². The molecule has 0 fully saturated rings. The summed E-state index contributed by atoms with van der Waals surface area (Å²) in [5.41, 5.74) is 1.74. The monoisotopic (exact) mass is 267 g/mol. The molecule has 0 radical (unpaired) electrons. The Bertz CT molecular complexity index is 814. The molecule has 0 saturated heterocycles. The van der Waals surface area contributed by atoms with Crippen LogP contribution in [0.4, 0.5) is 4.39 Å². The lowest BCUT2D eigenvalue weighted by Gasteiger charge is -2.07. The van der Waals surface area contributed by atoms with E-state index in [-0.39, 0.29) is 11.4 Å². The van der Waals surface area contributed by atoms with Gasteiger partial charge >= 0.3 is 5.97 Å². The highest BCUT2D eigenvalue weighted by Crippen LogP contribution is 2.25. The lowest BCUT2D eigenvalue weighted by molar-refractivity contribution is 0.0699. The molecule has 0 aliphatic heterocycles. The van der Waals surface area contributed by atoms with Gasteiger partial charge in [0, 0.05) is 10.9 Å². The number of hydrogen-bond acceptors (Lipinski definition) is 2. The summed E-state index contributed by atoms with van der Waals surface area (Å²) in [7, 11) is 0. The molecule has 0 unspecified atom stereocenters. The second-order valence-corrected chi connectivity index (χ2v) is 4.39. The van der Waals surface area contributed by atoms with Gasteiger partial charge in [0.1, 0.15) is 5.82 Å². The van der Waals surface area contributed by atoms with E-state index in [9.17, 15) is 14.3 Å². The molecule has 3 rings (SSSR count). The van der Waals surface area contributed by atoms with Crippen LogP contribution in [0.25, 0.3) is 22.2 Å². The van der Waals surface area contributed by atoms with Crippen molar-refractivity contribution in [1.29, 1.82) is 0 Å². The number of para-hydroxylation sites is 1. The van der Waals surface area contributed by atoms with Crippen LogP contribution in [0, 0.1) is 5.82 Å². The molecule has 0 aliphatic carbocycles. The summed E-state index contributed by atoms with van der Waals surface area (Å²) in [5, 5.41) is 9.88. The lowest BCUT2D eigenvalue weighted by atomic mass is 10.0. The minimum Gasteiger partial charge on any atom is -0.478 e. The summed E-state index contributed by atoms with van der Waals surface area (Å²) in [6.07, 6.45) is 0. The van der Waals surface area contributed by atoms with Crippen LogP contribution in [0.3, 0.4) is 0 Å². The Morgan fingerprint density at radius 3 is 2.60 bits per heavy atom. The number of benzene rings is 2. The Labute approximate surface area is 114 Å². The molecule has 1 aromatic heterocycles. The summed E-state index contributed by atoms with van der Waals surface area (Å²) in [5.74, 6) is -1.41. The number of nitrogens with zero attached hydrogens (tertiary/aromatic N) is 1. The van der Waals surface area contributed by atoms with Gasteiger partial charge in [0.15, 0.2) is 0 Å². The summed E-state index contributed by atoms with van der Waals surface area (Å²) in [4.78, 5) is 15.8. The molecule has 0 spiro atoms. The SMILES string of the molecule is O=C(O)c1cc(-c2cccc(F)c2)nc2ccccc12. The van der Waals surface area contributed by atoms with E-state index in [0.29, 0.717) is 22.2 Å². The van der Waals surface area contributed by atoms with Crippen molar-refractivity contribution in [1.82, 2.24) is 4.98 Å². The zero-order valence-corrected chi connectivity index (χ0v) is 10.4. The van der Waals surface area contributed by atoms with Crippen molar-refractivity contribution in [2.75, 3.05) is 0 Å². The molecule has 20 heavy (non-hydrogen) atoms. The van der Waals surface area contributed by atoms with Gasteiger partial charge in [-0.2, -0.15) is 0 Å². The fraction of sp³-hybridized carbons (Fsp3) is 0. The first kappa shape index (κ1) is 12.3. The molecular weight excluding hydrogens is 257 g/mol. The molecule has 3 aromatic rings. The number of aromatic carboxylic acids is 1. The van der Waals surface area contributed by atoms with Crippen molar-refractivity contribution in [3.63, 3.8) is 0 Å². The number of carboxylic acids is 1. The number of hydrogen-bond donors (Lipinski definition) is 1. The predicted molar refractivity (Wildman–Crippen MR) is 74.1 cm³/mol. The van der Waals surface area contributed by atoms with E-state index in [1.807, 2.05) is 0 Å². The summed E-state index contributed by atoms with van der Waals surface area (Å²) in [6.45, 7) is 0. The Hall–Kier alpha value is -2.75. The fourth-order valence-electron chi connectivity index (χ4n) is 2.15. The zero-order valence-electron chi connectivity index (χ0n) is 10.4. The van der Waals surface area contributed by atoms with Crippen molar-refractivity contribution in [3.05, 3.63) is 66.0 Å². The lowest BCUT2D eigenvalue weighted by Crippen LogP contribution is -2.00. The van der Waals surface area contributed by atoms with Gasteiger partial charge in [-0.1, -0.05) is 30.3 Å². The largest absolute Gasteiger partial charge is 0.478 e. The molecular formula is C16H10FNO2. The van der Waals surface area contributed by atoms with Gasteiger partial charge in [-0.25, -0.2) is 14.2 Å². The summed E-state index contributed by atoms with van der Waals surface area (Å²) >= 11 is 0. The third kappa shape index (κ3) is 2.12. The van der Waals surface area contributed by atoms with E-state index >= 15 is 0 Å². The van der Waals surface area contributed by atoms with Gasteiger partial charge in [0.25, 0.3) is 0 Å². The second kappa shape index (κ2) is 4.74. The van der Waals surface area contributed by atoms with Crippen molar-refractivity contribution >= 4 is 16.9 Å². The van der Waals surface area contributed by atoms with Gasteiger partial charge in [-0.15, -0.1) is 0 Å². The number of halogens is 1. The van der Waals surface area contributed by atoms with Crippen LogP contribution in [0.5, 0.6) is 0 Å². The second-order valence-electron chi connectivity index (χ2n) is 4.39. The number of carbonyl (C=O) groups is 1. The Morgan fingerprint density at radius 2 is 1.85 bits per heavy atom. The maximum absolute atomic E-state index is 13.3. The quantitative estimate of drug-likeness (QED) is 0.769. The van der Waals surface area contributed by atoms with Crippen LogP contribution in [-0.4, -0.2) is 16.1 Å². The van der Waals surface area contributed by atoms with Gasteiger partial charge in [-0.05, 0) is 24.3 Å². The van der Waals surface area contributed by atoms with E-state index in [1.165, 1.54) is 18.2 Å². The van der Waals surface area contributed by atoms with Crippen LogP contribution >= 0.6 is 0 Å². The number of carboxylic acid groups (broad SMARTS) is 1. The van der Waals surface area contributed by atoms with Crippen molar-refractivity contribution in [2.24, 2.45) is 0 Å². The first-order valence-corrected chi connectivity index (χ1v) is 6.04. The van der Waals surface area contributed by atoms with E-state index in [0.717, 1.165) is 0 Å². The summed E-state index contributed by atoms with van der Waals surface area (Å²) in [6, 6.07) is 14.4. The highest BCUT2D eigenvalue weighted by Gasteiger charge is 2.12. The highest BCUT2D eigenvalue weighted by atomic mass is 19.1. The maximum atomic E-state index is 13.3. The molecule has 0 bridgehead atoms. The average molecular weight is 267 g/mol. The Kier molecular flexibility index (Phi) is 2.91. The molecule has 0 saturated carbocycles. The fourth-order valence-corrected chi connectivity index (χ4v) is 2.15. The van der Waals surface area contributed by atoms with E-state index in [1.54, 1.807) is 36.4 Å². The van der Waals surface area contributed by atoms with E-state index < -0.39 is 5.97 Å². The number of pyridine rings is 1. The minimum absolute atomic E-state index is 0.162. The molecule has 0 atom stereocenters. The van der Waals surface area contributed by atoms with Crippen molar-refractivity contribution < 1.29 is 14.3 Å². The van der Waals surface area contributed by atoms with Crippen LogP contribution in [0.1, 0.15) is 10.4 Å². The van der Waals surface area contributed by atoms with Gasteiger partial charge in [-0.3, -0.25) is 0 Å². The smallest absolute Gasteiger partial charge is 0.336 e. The topological polar surface area (TPSA) is 50.2 Å². The Morgan fingerprint density at radius 1 is 1.05 bits per heavy atom. The maximum Gasteiger partial charge on any atom is 0.336 e. The molecule has 0 aliphatic rings. The predicted octanol–water partition coefficient (Wildman–Crippen LogP) is 3.74. The van der Waals surface area contributed by atoms with Crippen LogP contribution in [0.2, 0.25) is 0 Å². The van der Waals surface area contributed by atoms with Crippen LogP contribution in [-0.2, 0) is 0 Å². The molecule has 4 heteroatoms. The number of fused-ring (bicyclic) bond motifs is 1. The molecule has 0 amide bonds. The average Bonchev–Trinajstić information content (AvgIpc) is 2.46.